The van der Waals surface area contributed by atoms with E-state index in [-0.39, 0.29) is 33.1 Å². The maximum absolute atomic E-state index is 13.1. The highest BCUT2D eigenvalue weighted by Gasteiger charge is 2.40. The molecule has 0 bridgehead atoms. The van der Waals surface area contributed by atoms with Crippen LogP contribution in [0.2, 0.25) is 10.0 Å². The molecule has 6 rings (SSSR count). The van der Waals surface area contributed by atoms with E-state index in [2.05, 4.69) is 24.3 Å². The minimum Gasteiger partial charge on any atom is -0.295 e. The largest absolute Gasteiger partial charge is 0.295 e. The lowest BCUT2D eigenvalue weighted by Crippen LogP contribution is -2.30. The van der Waals surface area contributed by atoms with Crippen LogP contribution in [-0.4, -0.2) is 22.3 Å². The van der Waals surface area contributed by atoms with Gasteiger partial charge in [0.25, 0.3) is 0 Å². The molecule has 2 aliphatic rings. The van der Waals surface area contributed by atoms with Crippen molar-refractivity contribution >= 4 is 69.9 Å². The van der Waals surface area contributed by atoms with Crippen molar-refractivity contribution in [2.45, 2.75) is 47.9 Å². The Morgan fingerprint density at radius 2 is 0.881 bits per heavy atom. The summed E-state index contributed by atoms with van der Waals surface area (Å²) in [4.78, 5) is 30.0. The van der Waals surface area contributed by atoms with Gasteiger partial charge in [0.1, 0.15) is 10.7 Å². The minimum atomic E-state index is -0.104. The highest BCUT2D eigenvalue weighted by atomic mass is 35.5. The lowest BCUT2D eigenvalue weighted by atomic mass is 10.0. The summed E-state index contributed by atoms with van der Waals surface area (Å²) in [6.07, 6.45) is 1.75. The number of aryl methyl sites for hydroxylation is 2. The number of hydrogen-bond acceptors (Lipinski definition) is 4. The lowest BCUT2D eigenvalue weighted by molar-refractivity contribution is -0.118. The molecule has 214 valence electrons. The average molecular weight is 634 g/mol. The van der Waals surface area contributed by atoms with E-state index >= 15 is 0 Å². The Bertz CT molecular complexity index is 1460. The summed E-state index contributed by atoms with van der Waals surface area (Å²) in [6.45, 7) is 3.93. The van der Waals surface area contributed by atoms with Crippen LogP contribution in [-0.2, 0) is 22.4 Å². The molecular formula is C34H30Cl2N2O2S2. The summed E-state index contributed by atoms with van der Waals surface area (Å²) in [6, 6.07) is 32.1. The monoisotopic (exact) mass is 632 g/mol. The third kappa shape index (κ3) is 5.96. The fraction of sp³-hybridized carbons (Fsp3) is 0.235. The van der Waals surface area contributed by atoms with Gasteiger partial charge in [-0.15, -0.1) is 23.5 Å². The number of carbonyl (C=O) groups is 2. The van der Waals surface area contributed by atoms with Crippen LogP contribution >= 0.6 is 46.7 Å². The van der Waals surface area contributed by atoms with Crippen LogP contribution in [0.3, 0.4) is 0 Å². The average Bonchev–Trinajstić information content (AvgIpc) is 3.47. The smallest absolute Gasteiger partial charge is 0.241 e. The quantitative estimate of drug-likeness (QED) is 0.204. The number of benzene rings is 4. The first kappa shape index (κ1) is 29.2. The van der Waals surface area contributed by atoms with Crippen LogP contribution in [0.15, 0.2) is 97.1 Å². The Hall–Kier alpha value is -2.90. The molecule has 4 aromatic rings. The van der Waals surface area contributed by atoms with E-state index in [1.54, 1.807) is 23.5 Å². The molecule has 4 nitrogen and oxygen atoms in total. The number of hydrogen-bond donors (Lipinski definition) is 0. The first-order valence-electron chi connectivity index (χ1n) is 13.9. The number of nitrogens with zero attached hydrogens (tertiary/aromatic N) is 2. The Morgan fingerprint density at radius 1 is 0.548 bits per heavy atom. The molecule has 0 radical (unpaired) electrons. The second-order valence-corrected chi connectivity index (χ2v) is 14.3. The van der Waals surface area contributed by atoms with Gasteiger partial charge in [-0.3, -0.25) is 19.4 Å². The zero-order valence-electron chi connectivity index (χ0n) is 23.2. The molecule has 0 spiro atoms. The van der Waals surface area contributed by atoms with Crippen LogP contribution in [0.25, 0.3) is 0 Å². The molecule has 2 fully saturated rings. The van der Waals surface area contributed by atoms with Crippen LogP contribution in [0, 0.1) is 0 Å². The molecule has 4 atom stereocenters. The van der Waals surface area contributed by atoms with Crippen LogP contribution in [0.5, 0.6) is 0 Å². The maximum Gasteiger partial charge on any atom is 0.241 e. The van der Waals surface area contributed by atoms with Gasteiger partial charge in [0.2, 0.25) is 11.8 Å². The summed E-state index contributed by atoms with van der Waals surface area (Å²) in [5.74, 6) is 0.241. The zero-order chi connectivity index (χ0) is 29.4. The van der Waals surface area contributed by atoms with Gasteiger partial charge in [-0.05, 0) is 97.5 Å². The first-order valence-corrected chi connectivity index (χ1v) is 16.6. The van der Waals surface area contributed by atoms with Crippen molar-refractivity contribution in [1.29, 1.82) is 0 Å². The summed E-state index contributed by atoms with van der Waals surface area (Å²) in [5, 5.41) is 1.02. The molecule has 2 saturated heterocycles. The topological polar surface area (TPSA) is 40.6 Å². The molecule has 2 aliphatic heterocycles. The van der Waals surface area contributed by atoms with Crippen molar-refractivity contribution in [2.75, 3.05) is 9.80 Å². The second-order valence-electron chi connectivity index (χ2n) is 10.6. The number of halogens is 2. The van der Waals surface area contributed by atoms with Crippen LogP contribution in [0.1, 0.15) is 46.8 Å². The summed E-state index contributed by atoms with van der Waals surface area (Å²) in [7, 11) is 0. The molecule has 0 saturated carbocycles. The summed E-state index contributed by atoms with van der Waals surface area (Å²) in [5.41, 5.74) is 6.36. The van der Waals surface area contributed by atoms with Gasteiger partial charge in [0.15, 0.2) is 0 Å². The summed E-state index contributed by atoms with van der Waals surface area (Å²) < 4.78 is 0. The fourth-order valence-corrected chi connectivity index (χ4v) is 8.23. The molecule has 42 heavy (non-hydrogen) atoms. The number of thioether (sulfide) groups is 2. The highest BCUT2D eigenvalue weighted by molar-refractivity contribution is 8.01. The Labute approximate surface area is 265 Å². The molecule has 0 aromatic heterocycles. The number of anilines is 2. The van der Waals surface area contributed by atoms with E-state index in [1.807, 2.05) is 96.4 Å². The molecular weight excluding hydrogens is 603 g/mol. The number of rotatable bonds is 7. The molecule has 0 unspecified atom stereocenters. The van der Waals surface area contributed by atoms with Crippen molar-refractivity contribution < 1.29 is 9.59 Å². The van der Waals surface area contributed by atoms with Crippen molar-refractivity contribution in [1.82, 2.24) is 0 Å². The molecule has 2 amide bonds. The Morgan fingerprint density at radius 3 is 1.21 bits per heavy atom. The van der Waals surface area contributed by atoms with Crippen LogP contribution in [0.4, 0.5) is 11.4 Å². The van der Waals surface area contributed by atoms with E-state index in [0.717, 1.165) is 35.3 Å². The van der Waals surface area contributed by atoms with Crippen LogP contribution < -0.4 is 9.80 Å². The minimum absolute atomic E-state index is 0.0719. The van der Waals surface area contributed by atoms with Gasteiger partial charge in [0.05, 0.1) is 10.5 Å². The third-order valence-electron chi connectivity index (χ3n) is 7.75. The Kier molecular flexibility index (Phi) is 8.60. The van der Waals surface area contributed by atoms with E-state index in [4.69, 9.17) is 23.2 Å². The van der Waals surface area contributed by atoms with Gasteiger partial charge < -0.3 is 0 Å². The maximum atomic E-state index is 13.1. The summed E-state index contributed by atoms with van der Waals surface area (Å²) >= 11 is 15.5. The van der Waals surface area contributed by atoms with Crippen molar-refractivity contribution in [3.05, 3.63) is 129 Å². The van der Waals surface area contributed by atoms with Gasteiger partial charge in [-0.1, -0.05) is 71.7 Å². The molecule has 2 heterocycles. The SMILES string of the molecule is C[C@@H]1S[C@@H](c2ccc(Cl)cc2)N(c2ccc(CCc3ccc(N4C(=O)[C@H](C)S[C@H]4c4ccc(Cl)cc4)cc3)cc2)C1=O. The first-order chi connectivity index (χ1) is 20.3. The fourth-order valence-electron chi connectivity index (χ4n) is 5.42. The van der Waals surface area contributed by atoms with E-state index < -0.39 is 0 Å². The van der Waals surface area contributed by atoms with Crippen molar-refractivity contribution in [2.24, 2.45) is 0 Å². The van der Waals surface area contributed by atoms with Gasteiger partial charge >= 0.3 is 0 Å². The predicted molar refractivity (Wildman–Crippen MR) is 178 cm³/mol. The normalized spacial score (nSPS) is 22.3. The zero-order valence-corrected chi connectivity index (χ0v) is 26.4. The third-order valence-corrected chi connectivity index (χ3v) is 11.0. The van der Waals surface area contributed by atoms with E-state index in [9.17, 15) is 9.59 Å². The van der Waals surface area contributed by atoms with Gasteiger partial charge in [-0.25, -0.2) is 0 Å². The van der Waals surface area contributed by atoms with Gasteiger partial charge in [-0.2, -0.15) is 0 Å². The van der Waals surface area contributed by atoms with Crippen molar-refractivity contribution in [3.63, 3.8) is 0 Å². The number of amides is 2. The molecule has 4 aromatic carbocycles. The molecule has 8 heteroatoms. The molecule has 0 aliphatic carbocycles. The highest BCUT2D eigenvalue weighted by Crippen LogP contribution is 2.47. The Balaban J connectivity index is 1.12. The predicted octanol–water partition coefficient (Wildman–Crippen LogP) is 9.11. The second kappa shape index (κ2) is 12.4. The molecule has 0 N–H and O–H groups in total. The lowest BCUT2D eigenvalue weighted by Gasteiger charge is -2.25. The standard InChI is InChI=1S/C34H30Cl2N2O2S2/c1-21-31(39)37(33(41-21)25-9-13-27(35)14-10-25)29-17-5-23(6-18-29)3-4-24-7-19-30(20-8-24)38-32(40)22(2)42-34(38)26-11-15-28(36)16-12-26/h5-22,33-34H,3-4H2,1-2H3/t21-,22-,33-,34-/m0/s1. The van der Waals surface area contributed by atoms with E-state index in [0.29, 0.717) is 10.0 Å². The van der Waals surface area contributed by atoms with Crippen molar-refractivity contribution in [3.8, 4) is 0 Å². The number of carbonyl (C=O) groups excluding carboxylic acids is 2. The van der Waals surface area contributed by atoms with E-state index in [1.165, 1.54) is 11.1 Å². The van der Waals surface area contributed by atoms with Gasteiger partial charge in [0, 0.05) is 21.4 Å².